The Kier molecular flexibility index (Phi) is 9.36. The summed E-state index contributed by atoms with van der Waals surface area (Å²) in [7, 11) is 5.28. The Morgan fingerprint density at radius 2 is 1.28 bits per heavy atom. The highest BCUT2D eigenvalue weighted by molar-refractivity contribution is 5.84. The molecule has 0 aliphatic heterocycles. The minimum absolute atomic E-state index is 0.0287. The summed E-state index contributed by atoms with van der Waals surface area (Å²) in [6.07, 6.45) is -5.32. The number of rotatable bonds is 12. The van der Waals surface area contributed by atoms with Gasteiger partial charge in [-0.05, 0) is 66.6 Å². The average Bonchev–Trinajstić information content (AvgIpc) is 2.88. The third kappa shape index (κ3) is 7.49. The first-order valence-electron chi connectivity index (χ1n) is 11.5. The molecule has 0 fully saturated rings. The number of hydrogen-bond acceptors (Lipinski definition) is 5. The van der Waals surface area contributed by atoms with E-state index in [4.69, 9.17) is 14.2 Å². The van der Waals surface area contributed by atoms with Gasteiger partial charge in [0.25, 0.3) is 0 Å². The van der Waals surface area contributed by atoms with E-state index in [1.165, 1.54) is 0 Å². The molecule has 0 aromatic heterocycles. The summed E-state index contributed by atoms with van der Waals surface area (Å²) in [6, 6.07) is 22.6. The van der Waals surface area contributed by atoms with Crippen molar-refractivity contribution in [1.29, 1.82) is 0 Å². The molecule has 0 N–H and O–H groups in total. The number of aryl methyl sites for hydroxylation is 1. The molecule has 192 valence electrons. The molecule has 0 bridgehead atoms. The van der Waals surface area contributed by atoms with Gasteiger partial charge in [0.1, 0.15) is 23.9 Å². The molecule has 0 aliphatic rings. The van der Waals surface area contributed by atoms with Gasteiger partial charge < -0.3 is 14.2 Å². The number of carbonyl (C=O) groups is 1. The molecule has 5 nitrogen and oxygen atoms in total. The van der Waals surface area contributed by atoms with E-state index in [9.17, 15) is 18.0 Å². The Labute approximate surface area is 209 Å². The molecule has 8 heteroatoms. The topological polar surface area (TPSA) is 48.0 Å². The predicted octanol–water partition coefficient (Wildman–Crippen LogP) is 5.87. The summed E-state index contributed by atoms with van der Waals surface area (Å²) in [5, 5.41) is 0. The molecular formula is C28H30F3NO4. The van der Waals surface area contributed by atoms with Crippen molar-refractivity contribution in [2.75, 3.05) is 34.4 Å². The number of ether oxygens (including phenoxy) is 3. The van der Waals surface area contributed by atoms with Gasteiger partial charge in [0.15, 0.2) is 0 Å². The molecule has 0 radical (unpaired) electrons. The average molecular weight is 502 g/mol. The summed E-state index contributed by atoms with van der Waals surface area (Å²) in [4.78, 5) is 13.2. The third-order valence-electron chi connectivity index (χ3n) is 5.90. The number of ketones is 1. The molecule has 0 saturated carbocycles. The molecule has 0 heterocycles. The first-order chi connectivity index (χ1) is 17.2. The van der Waals surface area contributed by atoms with Gasteiger partial charge in [0.05, 0.1) is 20.3 Å². The van der Waals surface area contributed by atoms with Crippen LogP contribution in [0.1, 0.15) is 29.2 Å². The lowest BCUT2D eigenvalue weighted by Gasteiger charge is -2.29. The fourth-order valence-corrected chi connectivity index (χ4v) is 3.86. The smallest absolute Gasteiger partial charge is 0.449 e. The number of carbonyl (C=O) groups excluding carboxylic acids is 1. The molecule has 3 aromatic carbocycles. The second-order valence-corrected chi connectivity index (χ2v) is 8.34. The fraction of sp³-hybridized carbons (Fsp3) is 0.321. The fourth-order valence-electron chi connectivity index (χ4n) is 3.86. The van der Waals surface area contributed by atoms with Crippen molar-refractivity contribution in [2.45, 2.75) is 25.1 Å². The highest BCUT2D eigenvalue weighted by Gasteiger charge is 2.37. The zero-order chi connectivity index (χ0) is 26.1. The number of halogens is 3. The van der Waals surface area contributed by atoms with Crippen LogP contribution in [0, 0.1) is 0 Å². The van der Waals surface area contributed by atoms with Gasteiger partial charge in [-0.3, -0.25) is 9.69 Å². The van der Waals surface area contributed by atoms with E-state index >= 15 is 0 Å². The maximum Gasteiger partial charge on any atom is 0.449 e. The lowest BCUT2D eigenvalue weighted by atomic mass is 9.97. The molecule has 0 saturated heterocycles. The van der Waals surface area contributed by atoms with E-state index < -0.39 is 18.4 Å². The molecule has 3 aromatic rings. The monoisotopic (exact) mass is 501 g/mol. The van der Waals surface area contributed by atoms with E-state index in [2.05, 4.69) is 4.90 Å². The van der Waals surface area contributed by atoms with Gasteiger partial charge in [-0.15, -0.1) is 0 Å². The number of benzene rings is 3. The lowest BCUT2D eigenvalue weighted by Crippen LogP contribution is -2.29. The molecule has 0 spiro atoms. The molecular weight excluding hydrogens is 471 g/mol. The molecule has 3 rings (SSSR count). The Hall–Kier alpha value is -3.52. The zero-order valence-electron chi connectivity index (χ0n) is 20.5. The van der Waals surface area contributed by atoms with Gasteiger partial charge in [0, 0.05) is 13.0 Å². The van der Waals surface area contributed by atoms with E-state index in [1.807, 2.05) is 55.6 Å². The summed E-state index contributed by atoms with van der Waals surface area (Å²) in [6.45, 7) is 1.02. The first kappa shape index (κ1) is 27.1. The Balaban J connectivity index is 1.62. The summed E-state index contributed by atoms with van der Waals surface area (Å²) < 4.78 is 53.6. The number of Topliss-reactive ketones (excluding diaryl/α,β-unsaturated/α-hetero) is 1. The van der Waals surface area contributed by atoms with Gasteiger partial charge in [0.2, 0.25) is 5.78 Å². The van der Waals surface area contributed by atoms with Crippen LogP contribution >= 0.6 is 0 Å². The van der Waals surface area contributed by atoms with Crippen molar-refractivity contribution in [3.63, 3.8) is 0 Å². The maximum absolute atomic E-state index is 12.4. The van der Waals surface area contributed by atoms with Crippen molar-refractivity contribution < 1.29 is 32.2 Å². The van der Waals surface area contributed by atoms with Crippen molar-refractivity contribution in [3.8, 4) is 17.2 Å². The Bertz CT molecular complexity index is 1050. The van der Waals surface area contributed by atoms with E-state index in [-0.39, 0.29) is 12.5 Å². The Morgan fingerprint density at radius 1 is 0.806 bits per heavy atom. The number of nitrogens with zero attached hydrogens (tertiary/aromatic N) is 1. The van der Waals surface area contributed by atoms with Crippen LogP contribution in [0.3, 0.4) is 0 Å². The number of likely N-dealkylation sites (N-methyl/N-ethyl adjacent to an activating group) is 1. The molecule has 36 heavy (non-hydrogen) atoms. The minimum atomic E-state index is -4.79. The van der Waals surface area contributed by atoms with Gasteiger partial charge >= 0.3 is 6.18 Å². The van der Waals surface area contributed by atoms with E-state index in [0.29, 0.717) is 24.5 Å². The van der Waals surface area contributed by atoms with Crippen LogP contribution in [0.2, 0.25) is 0 Å². The number of hydrogen-bond donors (Lipinski definition) is 0. The van der Waals surface area contributed by atoms with Gasteiger partial charge in [-0.1, -0.05) is 36.4 Å². The lowest BCUT2D eigenvalue weighted by molar-refractivity contribution is -0.171. The first-order valence-corrected chi connectivity index (χ1v) is 11.5. The summed E-state index contributed by atoms with van der Waals surface area (Å²) >= 11 is 0. The molecule has 0 unspecified atom stereocenters. The van der Waals surface area contributed by atoms with Crippen LogP contribution in [0.4, 0.5) is 13.2 Å². The van der Waals surface area contributed by atoms with Crippen molar-refractivity contribution >= 4 is 5.78 Å². The maximum atomic E-state index is 12.4. The second-order valence-electron chi connectivity index (χ2n) is 8.34. The quantitative estimate of drug-likeness (QED) is 0.311. The normalized spacial score (nSPS) is 11.6. The molecule has 0 amide bonds. The van der Waals surface area contributed by atoms with Crippen LogP contribution in [0.5, 0.6) is 17.2 Å². The van der Waals surface area contributed by atoms with Gasteiger partial charge in [-0.25, -0.2) is 0 Å². The van der Waals surface area contributed by atoms with E-state index in [0.717, 1.165) is 22.6 Å². The standard InChI is InChI=1S/C28H30F3NO4/c1-32(18-19-36-25-11-4-20(5-12-25)6-17-26(33)28(29,30)31)27(21-7-13-23(34-2)14-8-21)22-9-15-24(35-3)16-10-22/h4-5,7-16,27H,6,17-19H2,1-3H3. The van der Waals surface area contributed by atoms with E-state index in [1.54, 1.807) is 38.5 Å². The third-order valence-corrected chi connectivity index (χ3v) is 5.90. The summed E-state index contributed by atoms with van der Waals surface area (Å²) in [5.41, 5.74) is 2.85. The van der Waals surface area contributed by atoms with Gasteiger partial charge in [-0.2, -0.15) is 13.2 Å². The van der Waals surface area contributed by atoms with Crippen LogP contribution in [-0.4, -0.2) is 51.3 Å². The largest absolute Gasteiger partial charge is 0.497 e. The summed E-state index contributed by atoms with van der Waals surface area (Å²) in [5.74, 6) is 0.461. The van der Waals surface area contributed by atoms with Crippen molar-refractivity contribution in [1.82, 2.24) is 4.90 Å². The highest BCUT2D eigenvalue weighted by atomic mass is 19.4. The number of methoxy groups -OCH3 is 2. The second kappa shape index (κ2) is 12.4. The minimum Gasteiger partial charge on any atom is -0.497 e. The van der Waals surface area contributed by atoms with Crippen molar-refractivity contribution in [2.24, 2.45) is 0 Å². The highest BCUT2D eigenvalue weighted by Crippen LogP contribution is 2.30. The van der Waals surface area contributed by atoms with Crippen LogP contribution in [0.25, 0.3) is 0 Å². The zero-order valence-corrected chi connectivity index (χ0v) is 20.5. The predicted molar refractivity (Wildman–Crippen MR) is 132 cm³/mol. The van der Waals surface area contributed by atoms with Crippen LogP contribution in [0.15, 0.2) is 72.8 Å². The molecule has 0 atom stereocenters. The Morgan fingerprint density at radius 3 is 1.72 bits per heavy atom. The number of alkyl halides is 3. The van der Waals surface area contributed by atoms with Crippen molar-refractivity contribution in [3.05, 3.63) is 89.5 Å². The van der Waals surface area contributed by atoms with Crippen LogP contribution < -0.4 is 14.2 Å². The van der Waals surface area contributed by atoms with Crippen LogP contribution in [-0.2, 0) is 11.2 Å². The SMILES string of the molecule is COc1ccc(C(c2ccc(OC)cc2)N(C)CCOc2ccc(CCC(=O)C(F)(F)F)cc2)cc1. The molecule has 0 aliphatic carbocycles.